The first-order valence-electron chi connectivity index (χ1n) is 11.0. The fraction of sp³-hybridized carbons (Fsp3) is 0.148. The molecule has 8 nitrogen and oxygen atoms in total. The van der Waals surface area contributed by atoms with Crippen LogP contribution in [0.25, 0.3) is 6.08 Å². The van der Waals surface area contributed by atoms with Gasteiger partial charge in [-0.3, -0.25) is 9.59 Å². The number of nitrogens with zero attached hydrogens (tertiary/aromatic N) is 1. The Bertz CT molecular complexity index is 1350. The molecule has 0 bridgehead atoms. The van der Waals surface area contributed by atoms with Gasteiger partial charge in [0.1, 0.15) is 17.4 Å². The highest BCUT2D eigenvalue weighted by Gasteiger charge is 2.16. The number of benzene rings is 3. The summed E-state index contributed by atoms with van der Waals surface area (Å²) in [7, 11) is 1.54. The van der Waals surface area contributed by atoms with Gasteiger partial charge in [-0.25, -0.2) is 0 Å². The summed E-state index contributed by atoms with van der Waals surface area (Å²) >= 11 is 12.5. The summed E-state index contributed by atoms with van der Waals surface area (Å²) in [6.07, 6.45) is 1.38. The maximum Gasteiger partial charge on any atom is 0.266 e. The van der Waals surface area contributed by atoms with E-state index in [9.17, 15) is 14.9 Å². The monoisotopic (exact) mass is 539 g/mol. The van der Waals surface area contributed by atoms with Crippen molar-refractivity contribution in [1.82, 2.24) is 0 Å². The quantitative estimate of drug-likeness (QED) is 0.243. The Balaban J connectivity index is 1.76. The smallest absolute Gasteiger partial charge is 0.266 e. The highest BCUT2D eigenvalue weighted by Crippen LogP contribution is 2.37. The predicted molar refractivity (Wildman–Crippen MR) is 143 cm³/mol. The molecular formula is C27H23Cl2N3O5. The number of anilines is 2. The van der Waals surface area contributed by atoms with Crippen molar-refractivity contribution in [1.29, 1.82) is 5.26 Å². The number of rotatable bonds is 10. The normalized spacial score (nSPS) is 10.7. The van der Waals surface area contributed by atoms with Crippen LogP contribution in [0, 0.1) is 11.3 Å². The van der Waals surface area contributed by atoms with Crippen molar-refractivity contribution in [3.05, 3.63) is 81.8 Å². The van der Waals surface area contributed by atoms with Crippen LogP contribution in [0.5, 0.6) is 17.2 Å². The third-order valence-electron chi connectivity index (χ3n) is 4.85. The first-order valence-corrected chi connectivity index (χ1v) is 11.8. The molecule has 0 aliphatic carbocycles. The summed E-state index contributed by atoms with van der Waals surface area (Å²) in [4.78, 5) is 25.0. The Kier molecular flexibility index (Phi) is 9.78. The molecule has 190 valence electrons. The molecule has 0 saturated heterocycles. The number of para-hydroxylation sites is 1. The second-order valence-corrected chi connectivity index (χ2v) is 8.25. The van der Waals surface area contributed by atoms with E-state index < -0.39 is 11.8 Å². The van der Waals surface area contributed by atoms with E-state index in [0.29, 0.717) is 27.7 Å². The highest BCUT2D eigenvalue weighted by molar-refractivity contribution is 6.33. The van der Waals surface area contributed by atoms with Crippen LogP contribution in [-0.4, -0.2) is 32.1 Å². The number of nitriles is 1. The van der Waals surface area contributed by atoms with Crippen LogP contribution in [0.3, 0.4) is 0 Å². The highest BCUT2D eigenvalue weighted by atomic mass is 35.5. The molecule has 37 heavy (non-hydrogen) atoms. The lowest BCUT2D eigenvalue weighted by atomic mass is 10.1. The van der Waals surface area contributed by atoms with Crippen molar-refractivity contribution in [2.45, 2.75) is 6.92 Å². The molecule has 2 amide bonds. The van der Waals surface area contributed by atoms with Crippen LogP contribution in [0.15, 0.2) is 66.2 Å². The minimum Gasteiger partial charge on any atom is -0.497 e. The molecule has 0 fully saturated rings. The number of methoxy groups -OCH3 is 1. The maximum atomic E-state index is 12.6. The van der Waals surface area contributed by atoms with Gasteiger partial charge in [0.15, 0.2) is 18.1 Å². The third-order valence-corrected chi connectivity index (χ3v) is 5.46. The van der Waals surface area contributed by atoms with E-state index >= 15 is 0 Å². The zero-order valence-corrected chi connectivity index (χ0v) is 21.5. The molecule has 0 spiro atoms. The van der Waals surface area contributed by atoms with Crippen molar-refractivity contribution in [2.24, 2.45) is 0 Å². The predicted octanol–water partition coefficient (Wildman–Crippen LogP) is 5.96. The molecule has 0 heterocycles. The van der Waals surface area contributed by atoms with E-state index in [0.717, 1.165) is 0 Å². The minimum absolute atomic E-state index is 0.135. The van der Waals surface area contributed by atoms with Gasteiger partial charge in [-0.2, -0.15) is 5.26 Å². The number of ether oxygens (including phenoxy) is 3. The summed E-state index contributed by atoms with van der Waals surface area (Å²) in [6.45, 7) is 1.70. The first kappa shape index (κ1) is 27.4. The van der Waals surface area contributed by atoms with E-state index in [2.05, 4.69) is 10.6 Å². The summed E-state index contributed by atoms with van der Waals surface area (Å²) in [5, 5.41) is 15.4. The molecule has 0 atom stereocenters. The molecule has 3 aromatic carbocycles. The molecule has 0 radical (unpaired) electrons. The fourth-order valence-electron chi connectivity index (χ4n) is 3.15. The topological polar surface area (TPSA) is 110 Å². The van der Waals surface area contributed by atoms with E-state index in [1.165, 1.54) is 19.3 Å². The molecule has 2 N–H and O–H groups in total. The number of halogens is 2. The Morgan fingerprint density at radius 1 is 1.00 bits per heavy atom. The number of hydrogen-bond acceptors (Lipinski definition) is 6. The Labute approximate surface area is 224 Å². The van der Waals surface area contributed by atoms with Crippen molar-refractivity contribution in [2.75, 3.05) is 31.0 Å². The molecule has 0 aromatic heterocycles. The summed E-state index contributed by atoms with van der Waals surface area (Å²) in [5.74, 6) is -0.0116. The molecule has 0 aliphatic rings. The number of nitrogens with one attached hydrogen (secondary N) is 2. The van der Waals surface area contributed by atoms with Gasteiger partial charge >= 0.3 is 0 Å². The maximum absolute atomic E-state index is 12.6. The van der Waals surface area contributed by atoms with Gasteiger partial charge in [0, 0.05) is 5.69 Å². The second-order valence-electron chi connectivity index (χ2n) is 7.43. The average Bonchev–Trinajstić information content (AvgIpc) is 2.88. The molecular weight excluding hydrogens is 517 g/mol. The molecule has 3 aromatic rings. The third kappa shape index (κ3) is 7.64. The van der Waals surface area contributed by atoms with E-state index in [1.807, 2.05) is 6.07 Å². The minimum atomic E-state index is -0.599. The van der Waals surface area contributed by atoms with Crippen LogP contribution in [0.1, 0.15) is 12.5 Å². The lowest BCUT2D eigenvalue weighted by molar-refractivity contribution is -0.118. The zero-order valence-electron chi connectivity index (χ0n) is 20.0. The standard InChI is InChI=1S/C27H23Cl2N3O5/c1-3-36-24-14-17(12-18(15-30)27(34)31-19-8-10-20(35-2)11-9-19)13-22(29)26(24)37-16-25(33)32-23-7-5-4-6-21(23)28/h4-14H,3,16H2,1-2H3,(H,31,34)(H,32,33)/b18-12-. The number of hydrogen-bond donors (Lipinski definition) is 2. The van der Waals surface area contributed by atoms with Crippen LogP contribution in [0.2, 0.25) is 10.0 Å². The number of carbonyl (C=O) groups excluding carboxylic acids is 2. The summed E-state index contributed by atoms with van der Waals surface area (Å²) < 4.78 is 16.4. The summed E-state index contributed by atoms with van der Waals surface area (Å²) in [5.41, 5.74) is 1.23. The number of carbonyl (C=O) groups is 2. The zero-order chi connectivity index (χ0) is 26.8. The van der Waals surface area contributed by atoms with Crippen molar-refractivity contribution in [3.8, 4) is 23.3 Å². The SMILES string of the molecule is CCOc1cc(/C=C(/C#N)C(=O)Nc2ccc(OC)cc2)cc(Cl)c1OCC(=O)Nc1ccccc1Cl. The fourth-order valence-corrected chi connectivity index (χ4v) is 3.61. The molecule has 0 saturated carbocycles. The largest absolute Gasteiger partial charge is 0.497 e. The van der Waals surface area contributed by atoms with Gasteiger partial charge < -0.3 is 24.8 Å². The van der Waals surface area contributed by atoms with Crippen molar-refractivity contribution in [3.63, 3.8) is 0 Å². The van der Waals surface area contributed by atoms with Crippen molar-refractivity contribution >= 4 is 52.5 Å². The van der Waals surface area contributed by atoms with Crippen LogP contribution in [0.4, 0.5) is 11.4 Å². The van der Waals surface area contributed by atoms with E-state index in [4.69, 9.17) is 37.4 Å². The van der Waals surface area contributed by atoms with Crippen LogP contribution >= 0.6 is 23.2 Å². The van der Waals surface area contributed by atoms with Gasteiger partial charge in [0.2, 0.25) is 0 Å². The molecule has 0 aliphatic heterocycles. The van der Waals surface area contributed by atoms with Gasteiger partial charge in [0.05, 0.1) is 29.4 Å². The van der Waals surface area contributed by atoms with Gasteiger partial charge in [-0.1, -0.05) is 35.3 Å². The molecule has 0 unspecified atom stereocenters. The van der Waals surface area contributed by atoms with Crippen LogP contribution < -0.4 is 24.8 Å². The number of amides is 2. The average molecular weight is 540 g/mol. The van der Waals surface area contributed by atoms with E-state index in [1.54, 1.807) is 61.5 Å². The van der Waals surface area contributed by atoms with Crippen LogP contribution in [-0.2, 0) is 9.59 Å². The van der Waals surface area contributed by atoms with Gasteiger partial charge in [0.25, 0.3) is 11.8 Å². The van der Waals surface area contributed by atoms with Gasteiger partial charge in [-0.05, 0) is 67.1 Å². The first-order chi connectivity index (χ1) is 17.8. The Morgan fingerprint density at radius 3 is 2.38 bits per heavy atom. The lowest BCUT2D eigenvalue weighted by Crippen LogP contribution is -2.20. The molecule has 10 heteroatoms. The van der Waals surface area contributed by atoms with Crippen molar-refractivity contribution < 1.29 is 23.8 Å². The van der Waals surface area contributed by atoms with Gasteiger partial charge in [-0.15, -0.1) is 0 Å². The molecule has 3 rings (SSSR count). The Morgan fingerprint density at radius 2 is 1.73 bits per heavy atom. The second kappa shape index (κ2) is 13.2. The van der Waals surface area contributed by atoms with E-state index in [-0.39, 0.29) is 35.3 Å². The summed E-state index contributed by atoms with van der Waals surface area (Å²) in [6, 6.07) is 18.5. The lowest BCUT2D eigenvalue weighted by Gasteiger charge is -2.15. The Hall–Kier alpha value is -4.19.